The topological polar surface area (TPSA) is 0 Å². The maximum Gasteiger partial charge on any atom is 0.0552 e. The van der Waals surface area contributed by atoms with Gasteiger partial charge >= 0.3 is 0 Å². The van der Waals surface area contributed by atoms with Crippen LogP contribution in [0.1, 0.15) is 33.1 Å². The lowest BCUT2D eigenvalue weighted by atomic mass is 10.1. The molecule has 0 unspecified atom stereocenters. The molecule has 0 atom stereocenters. The summed E-state index contributed by atoms with van der Waals surface area (Å²) in [6.07, 6.45) is 6.57. The second kappa shape index (κ2) is 3.02. The maximum atomic E-state index is 2.51. The van der Waals surface area contributed by atoms with Gasteiger partial charge in [-0.1, -0.05) is 38.2 Å². The molecule has 1 aliphatic rings. The van der Waals surface area contributed by atoms with Crippen LogP contribution < -0.4 is 0 Å². The van der Waals surface area contributed by atoms with Crippen molar-refractivity contribution < 1.29 is 0 Å². The first kappa shape index (κ1) is 10.0. The fourth-order valence-electron chi connectivity index (χ4n) is 2.50. The minimum atomic E-state index is -0.947. The van der Waals surface area contributed by atoms with Gasteiger partial charge in [-0.05, 0) is 31.2 Å². The van der Waals surface area contributed by atoms with Gasteiger partial charge in [-0.2, -0.15) is 0 Å². The first-order valence-corrected chi connectivity index (χ1v) is 8.63. The quantitative estimate of drug-likeness (QED) is 0.453. The van der Waals surface area contributed by atoms with Crippen molar-refractivity contribution in [3.8, 4) is 0 Å². The minimum Gasteiger partial charge on any atom is -0.0882 e. The molecular weight excluding hydrogens is 160 g/mol. The molecule has 0 aromatic rings. The molecule has 0 heterocycles. The summed E-state index contributed by atoms with van der Waals surface area (Å²) in [6, 6.07) is 0. The Hall–Kier alpha value is -0.0431. The number of hydrogen-bond donors (Lipinski definition) is 0. The highest BCUT2D eigenvalue weighted by Crippen LogP contribution is 2.66. The number of allylic oxidation sites excluding steroid dienone is 2. The van der Waals surface area contributed by atoms with E-state index < -0.39 is 8.07 Å². The molecular formula is C11H22Si. The highest BCUT2D eigenvalue weighted by Gasteiger charge is 2.54. The first-order valence-electron chi connectivity index (χ1n) is 5.13. The van der Waals surface area contributed by atoms with Crippen LogP contribution in [-0.4, -0.2) is 8.07 Å². The Balaban J connectivity index is 2.86. The fourth-order valence-corrected chi connectivity index (χ4v) is 5.41. The molecule has 1 fully saturated rings. The van der Waals surface area contributed by atoms with Gasteiger partial charge in [0.15, 0.2) is 0 Å². The molecule has 0 aromatic heterocycles. The molecule has 0 aromatic carbocycles. The Bertz CT molecular complexity index is 192. The average molecular weight is 182 g/mol. The molecule has 0 amide bonds. The third-order valence-corrected chi connectivity index (χ3v) is 7.22. The Morgan fingerprint density at radius 2 is 1.83 bits per heavy atom. The second-order valence-corrected chi connectivity index (χ2v) is 10.5. The summed E-state index contributed by atoms with van der Waals surface area (Å²) in [6.45, 7) is 12.0. The van der Waals surface area contributed by atoms with Gasteiger partial charge in [-0.3, -0.25) is 0 Å². The summed E-state index contributed by atoms with van der Waals surface area (Å²) in [5.74, 6) is 0. The van der Waals surface area contributed by atoms with Crippen LogP contribution in [0.25, 0.3) is 0 Å². The zero-order valence-electron chi connectivity index (χ0n) is 9.20. The van der Waals surface area contributed by atoms with Gasteiger partial charge in [-0.15, -0.1) is 0 Å². The van der Waals surface area contributed by atoms with Crippen molar-refractivity contribution >= 4 is 8.07 Å². The molecule has 0 bridgehead atoms. The summed E-state index contributed by atoms with van der Waals surface area (Å²) < 4.78 is 0. The highest BCUT2D eigenvalue weighted by atomic mass is 28.3. The van der Waals surface area contributed by atoms with Crippen LogP contribution in [0.15, 0.2) is 11.6 Å². The average Bonchev–Trinajstić information content (AvgIpc) is 2.69. The summed E-state index contributed by atoms with van der Waals surface area (Å²) in [5, 5.41) is 0.705. The van der Waals surface area contributed by atoms with Gasteiger partial charge in [0.25, 0.3) is 0 Å². The number of hydrogen-bond acceptors (Lipinski definition) is 0. The van der Waals surface area contributed by atoms with Crippen molar-refractivity contribution in [1.29, 1.82) is 0 Å². The molecule has 1 saturated carbocycles. The van der Waals surface area contributed by atoms with Gasteiger partial charge in [0.05, 0.1) is 8.07 Å². The van der Waals surface area contributed by atoms with Crippen molar-refractivity contribution in [2.45, 2.75) is 57.8 Å². The van der Waals surface area contributed by atoms with Crippen LogP contribution in [0.2, 0.25) is 24.7 Å². The zero-order valence-corrected chi connectivity index (χ0v) is 10.2. The first-order chi connectivity index (χ1) is 5.48. The van der Waals surface area contributed by atoms with E-state index in [1.807, 2.05) is 0 Å². The van der Waals surface area contributed by atoms with Crippen LogP contribution in [-0.2, 0) is 0 Å². The van der Waals surface area contributed by atoms with E-state index >= 15 is 0 Å². The Labute approximate surface area is 78.1 Å². The normalized spacial score (nSPS) is 22.6. The third kappa shape index (κ3) is 1.39. The Kier molecular flexibility index (Phi) is 2.53. The van der Waals surface area contributed by atoms with Gasteiger partial charge < -0.3 is 0 Å². The minimum absolute atomic E-state index is 0.705. The van der Waals surface area contributed by atoms with Crippen LogP contribution in [0.4, 0.5) is 0 Å². The molecule has 0 saturated heterocycles. The van der Waals surface area contributed by atoms with Crippen LogP contribution >= 0.6 is 0 Å². The van der Waals surface area contributed by atoms with E-state index in [0.717, 1.165) is 0 Å². The number of rotatable bonds is 3. The summed E-state index contributed by atoms with van der Waals surface area (Å²) >= 11 is 0. The van der Waals surface area contributed by atoms with E-state index in [0.29, 0.717) is 5.04 Å². The van der Waals surface area contributed by atoms with Gasteiger partial charge in [0.2, 0.25) is 0 Å². The molecule has 0 spiro atoms. The van der Waals surface area contributed by atoms with Crippen molar-refractivity contribution in [2.75, 3.05) is 0 Å². The fraction of sp³-hybridized carbons (Fsp3) is 0.818. The van der Waals surface area contributed by atoms with E-state index in [2.05, 4.69) is 39.6 Å². The predicted molar refractivity (Wildman–Crippen MR) is 59.3 cm³/mol. The van der Waals surface area contributed by atoms with E-state index in [-0.39, 0.29) is 0 Å². The molecule has 0 nitrogen and oxygen atoms in total. The van der Waals surface area contributed by atoms with Gasteiger partial charge in [0.1, 0.15) is 0 Å². The lowest BCUT2D eigenvalue weighted by Gasteiger charge is -2.31. The Morgan fingerprint density at radius 3 is 1.92 bits per heavy atom. The maximum absolute atomic E-state index is 2.51. The van der Waals surface area contributed by atoms with E-state index in [1.165, 1.54) is 19.3 Å². The van der Waals surface area contributed by atoms with Gasteiger partial charge in [-0.25, -0.2) is 0 Å². The monoisotopic (exact) mass is 182 g/mol. The van der Waals surface area contributed by atoms with E-state index in [4.69, 9.17) is 0 Å². The molecule has 70 valence electrons. The van der Waals surface area contributed by atoms with E-state index in [1.54, 1.807) is 5.57 Å². The van der Waals surface area contributed by atoms with Crippen molar-refractivity contribution in [2.24, 2.45) is 0 Å². The standard InChI is InChI=1S/C11H22Si/c1-6-10(7-2)11(8-9-11)12(3,4)5/h6H,7-9H2,1-5H3/b10-6+. The van der Waals surface area contributed by atoms with Crippen LogP contribution in [0.5, 0.6) is 0 Å². The van der Waals surface area contributed by atoms with E-state index in [9.17, 15) is 0 Å². The second-order valence-electron chi connectivity index (χ2n) is 5.00. The SMILES string of the molecule is C/C=C(\CC)C1([Si](C)(C)C)CC1. The lowest BCUT2D eigenvalue weighted by molar-refractivity contribution is 0.889. The van der Waals surface area contributed by atoms with Crippen molar-refractivity contribution in [1.82, 2.24) is 0 Å². The molecule has 12 heavy (non-hydrogen) atoms. The molecule has 0 N–H and O–H groups in total. The largest absolute Gasteiger partial charge is 0.0882 e. The lowest BCUT2D eigenvalue weighted by Crippen LogP contribution is -2.30. The van der Waals surface area contributed by atoms with Crippen LogP contribution in [0.3, 0.4) is 0 Å². The summed E-state index contributed by atoms with van der Waals surface area (Å²) in [5.41, 5.74) is 1.74. The van der Waals surface area contributed by atoms with Crippen molar-refractivity contribution in [3.05, 3.63) is 11.6 Å². The smallest absolute Gasteiger partial charge is 0.0552 e. The zero-order chi connectivity index (χ0) is 9.41. The van der Waals surface area contributed by atoms with Crippen LogP contribution in [0, 0.1) is 0 Å². The summed E-state index contributed by atoms with van der Waals surface area (Å²) in [7, 11) is -0.947. The molecule has 1 heteroatoms. The predicted octanol–water partition coefficient (Wildman–Crippen LogP) is 4.22. The summed E-state index contributed by atoms with van der Waals surface area (Å²) in [4.78, 5) is 0. The Morgan fingerprint density at radius 1 is 1.33 bits per heavy atom. The molecule has 1 aliphatic carbocycles. The third-order valence-electron chi connectivity index (χ3n) is 3.53. The van der Waals surface area contributed by atoms with Gasteiger partial charge in [0, 0.05) is 0 Å². The molecule has 0 radical (unpaired) electrons. The van der Waals surface area contributed by atoms with Crippen molar-refractivity contribution in [3.63, 3.8) is 0 Å². The highest BCUT2D eigenvalue weighted by molar-refractivity contribution is 6.80. The molecule has 0 aliphatic heterocycles. The molecule has 1 rings (SSSR count).